The number of aromatic carboxylic acids is 1. The number of carboxylic acids is 1. The summed E-state index contributed by atoms with van der Waals surface area (Å²) in [4.78, 5) is 10.9. The van der Waals surface area contributed by atoms with Crippen molar-refractivity contribution in [3.63, 3.8) is 0 Å². The molecule has 2 aliphatic rings. The zero-order valence-electron chi connectivity index (χ0n) is 13.6. The average molecular weight is 300 g/mol. The number of rotatable bonds is 3. The van der Waals surface area contributed by atoms with Crippen molar-refractivity contribution in [1.82, 2.24) is 0 Å². The lowest BCUT2D eigenvalue weighted by Gasteiger charge is -2.37. The molecule has 0 bridgehead atoms. The van der Waals surface area contributed by atoms with Gasteiger partial charge in [-0.15, -0.1) is 0 Å². The SMILES string of the molecule is CC1CCC(C2CCC(c3ccc(C(=O)O)cc3)CC2)CC1. The van der Waals surface area contributed by atoms with E-state index in [1.54, 1.807) is 12.1 Å². The maximum absolute atomic E-state index is 10.9. The van der Waals surface area contributed by atoms with Gasteiger partial charge in [0.15, 0.2) is 0 Å². The zero-order valence-corrected chi connectivity index (χ0v) is 13.6. The highest BCUT2D eigenvalue weighted by Gasteiger charge is 2.30. The monoisotopic (exact) mass is 300 g/mol. The van der Waals surface area contributed by atoms with E-state index < -0.39 is 5.97 Å². The Labute approximate surface area is 133 Å². The lowest BCUT2D eigenvalue weighted by Crippen LogP contribution is -2.24. The second kappa shape index (κ2) is 6.85. The highest BCUT2D eigenvalue weighted by Crippen LogP contribution is 2.43. The van der Waals surface area contributed by atoms with Crippen molar-refractivity contribution in [2.75, 3.05) is 0 Å². The molecule has 0 spiro atoms. The number of hydrogen-bond acceptors (Lipinski definition) is 1. The summed E-state index contributed by atoms with van der Waals surface area (Å²) in [6, 6.07) is 7.56. The van der Waals surface area contributed by atoms with E-state index in [9.17, 15) is 4.79 Å². The fraction of sp³-hybridized carbons (Fsp3) is 0.650. The Morgan fingerprint density at radius 3 is 1.86 bits per heavy atom. The molecule has 0 aromatic heterocycles. The Hall–Kier alpha value is -1.31. The number of carboxylic acid groups (broad SMARTS) is 1. The van der Waals surface area contributed by atoms with Crippen LogP contribution in [0.25, 0.3) is 0 Å². The lowest BCUT2D eigenvalue weighted by atomic mass is 9.68. The van der Waals surface area contributed by atoms with E-state index in [1.165, 1.54) is 56.9 Å². The Balaban J connectivity index is 1.54. The Kier molecular flexibility index (Phi) is 4.85. The summed E-state index contributed by atoms with van der Waals surface area (Å²) in [5.41, 5.74) is 1.73. The van der Waals surface area contributed by atoms with E-state index in [4.69, 9.17) is 5.11 Å². The molecule has 3 rings (SSSR count). The molecule has 2 heteroatoms. The van der Waals surface area contributed by atoms with Gasteiger partial charge in [-0.1, -0.05) is 31.9 Å². The van der Waals surface area contributed by atoms with Crippen molar-refractivity contribution < 1.29 is 9.90 Å². The predicted molar refractivity (Wildman–Crippen MR) is 89.2 cm³/mol. The number of benzene rings is 1. The molecular weight excluding hydrogens is 272 g/mol. The van der Waals surface area contributed by atoms with Crippen LogP contribution >= 0.6 is 0 Å². The van der Waals surface area contributed by atoms with Crippen LogP contribution in [0.3, 0.4) is 0 Å². The van der Waals surface area contributed by atoms with Gasteiger partial charge in [0, 0.05) is 0 Å². The van der Waals surface area contributed by atoms with Gasteiger partial charge >= 0.3 is 5.97 Å². The third kappa shape index (κ3) is 3.53. The van der Waals surface area contributed by atoms with Gasteiger partial charge in [0.2, 0.25) is 0 Å². The minimum Gasteiger partial charge on any atom is -0.478 e. The van der Waals surface area contributed by atoms with Gasteiger partial charge in [-0.25, -0.2) is 4.79 Å². The smallest absolute Gasteiger partial charge is 0.335 e. The molecule has 2 fully saturated rings. The minimum absolute atomic E-state index is 0.397. The summed E-state index contributed by atoms with van der Waals surface area (Å²) in [7, 11) is 0. The van der Waals surface area contributed by atoms with E-state index >= 15 is 0 Å². The van der Waals surface area contributed by atoms with Gasteiger partial charge in [-0.2, -0.15) is 0 Å². The van der Waals surface area contributed by atoms with E-state index in [2.05, 4.69) is 6.92 Å². The van der Waals surface area contributed by atoms with Crippen molar-refractivity contribution in [2.45, 2.75) is 64.2 Å². The van der Waals surface area contributed by atoms with E-state index in [0.717, 1.165) is 17.8 Å². The fourth-order valence-corrected chi connectivity index (χ4v) is 4.58. The van der Waals surface area contributed by atoms with Crippen LogP contribution in [0.2, 0.25) is 0 Å². The van der Waals surface area contributed by atoms with Crippen molar-refractivity contribution >= 4 is 5.97 Å². The molecule has 0 amide bonds. The van der Waals surface area contributed by atoms with Crippen LogP contribution in [-0.2, 0) is 0 Å². The molecule has 0 atom stereocenters. The molecule has 0 aliphatic heterocycles. The average Bonchev–Trinajstić information content (AvgIpc) is 2.56. The zero-order chi connectivity index (χ0) is 15.5. The summed E-state index contributed by atoms with van der Waals surface area (Å²) >= 11 is 0. The van der Waals surface area contributed by atoms with Crippen LogP contribution in [0.15, 0.2) is 24.3 Å². The van der Waals surface area contributed by atoms with Crippen LogP contribution < -0.4 is 0 Å². The maximum atomic E-state index is 10.9. The standard InChI is InChI=1S/C20H28O2/c1-14-2-4-15(5-3-14)16-6-8-17(9-7-16)18-10-12-19(13-11-18)20(21)22/h10-17H,2-9H2,1H3,(H,21,22). The molecule has 2 saturated carbocycles. The maximum Gasteiger partial charge on any atom is 0.335 e. The van der Waals surface area contributed by atoms with Crippen LogP contribution in [0, 0.1) is 17.8 Å². The molecule has 1 N–H and O–H groups in total. The Bertz CT molecular complexity index is 489. The second-order valence-corrected chi connectivity index (χ2v) is 7.56. The van der Waals surface area contributed by atoms with E-state index in [-0.39, 0.29) is 0 Å². The molecule has 0 heterocycles. The first-order chi connectivity index (χ1) is 10.6. The van der Waals surface area contributed by atoms with Crippen LogP contribution in [0.4, 0.5) is 0 Å². The molecule has 1 aromatic carbocycles. The molecule has 120 valence electrons. The normalized spacial score (nSPS) is 32.6. The Morgan fingerprint density at radius 1 is 0.864 bits per heavy atom. The first-order valence-corrected chi connectivity index (χ1v) is 8.96. The van der Waals surface area contributed by atoms with Crippen molar-refractivity contribution in [3.05, 3.63) is 35.4 Å². The van der Waals surface area contributed by atoms with E-state index in [0.29, 0.717) is 11.5 Å². The highest BCUT2D eigenvalue weighted by molar-refractivity contribution is 5.87. The van der Waals surface area contributed by atoms with Crippen LogP contribution in [0.1, 0.15) is 80.1 Å². The molecule has 2 aliphatic carbocycles. The predicted octanol–water partition coefficient (Wildman–Crippen LogP) is 5.48. The lowest BCUT2D eigenvalue weighted by molar-refractivity contribution is 0.0697. The number of carbonyl (C=O) groups is 1. The quantitative estimate of drug-likeness (QED) is 0.802. The van der Waals surface area contributed by atoms with Gasteiger partial charge in [0.05, 0.1) is 5.56 Å². The Morgan fingerprint density at radius 2 is 1.36 bits per heavy atom. The van der Waals surface area contributed by atoms with Gasteiger partial charge in [-0.05, 0) is 79.9 Å². The summed E-state index contributed by atoms with van der Waals surface area (Å²) in [6.45, 7) is 2.40. The summed E-state index contributed by atoms with van der Waals surface area (Å²) in [5, 5.41) is 8.98. The summed E-state index contributed by atoms with van der Waals surface area (Å²) < 4.78 is 0. The topological polar surface area (TPSA) is 37.3 Å². The van der Waals surface area contributed by atoms with E-state index in [1.807, 2.05) is 12.1 Å². The molecule has 0 unspecified atom stereocenters. The van der Waals surface area contributed by atoms with Gasteiger partial charge < -0.3 is 5.11 Å². The highest BCUT2D eigenvalue weighted by atomic mass is 16.4. The molecule has 2 nitrogen and oxygen atoms in total. The molecular formula is C20H28O2. The van der Waals surface area contributed by atoms with Gasteiger partial charge in [0.1, 0.15) is 0 Å². The van der Waals surface area contributed by atoms with Crippen LogP contribution in [-0.4, -0.2) is 11.1 Å². The van der Waals surface area contributed by atoms with Crippen molar-refractivity contribution in [1.29, 1.82) is 0 Å². The first kappa shape index (κ1) is 15.6. The molecule has 0 radical (unpaired) electrons. The molecule has 22 heavy (non-hydrogen) atoms. The fourth-order valence-electron chi connectivity index (χ4n) is 4.58. The van der Waals surface area contributed by atoms with Crippen LogP contribution in [0.5, 0.6) is 0 Å². The third-order valence-electron chi connectivity index (χ3n) is 6.13. The first-order valence-electron chi connectivity index (χ1n) is 8.96. The largest absolute Gasteiger partial charge is 0.478 e. The molecule has 0 saturated heterocycles. The molecule has 1 aromatic rings. The van der Waals surface area contributed by atoms with Crippen molar-refractivity contribution in [2.24, 2.45) is 17.8 Å². The van der Waals surface area contributed by atoms with Crippen molar-refractivity contribution in [3.8, 4) is 0 Å². The summed E-state index contributed by atoms with van der Waals surface area (Å²) in [5.74, 6) is 2.68. The second-order valence-electron chi connectivity index (χ2n) is 7.56. The number of hydrogen-bond donors (Lipinski definition) is 1. The van der Waals surface area contributed by atoms with Gasteiger partial charge in [-0.3, -0.25) is 0 Å². The minimum atomic E-state index is -0.832. The third-order valence-corrected chi connectivity index (χ3v) is 6.13. The van der Waals surface area contributed by atoms with Gasteiger partial charge in [0.25, 0.3) is 0 Å². The summed E-state index contributed by atoms with van der Waals surface area (Å²) in [6.07, 6.45) is 11.1.